The summed E-state index contributed by atoms with van der Waals surface area (Å²) in [6.07, 6.45) is 2.01. The van der Waals surface area contributed by atoms with E-state index in [4.69, 9.17) is 18.9 Å². The number of benzene rings is 2. The number of hydrogen-bond acceptors (Lipinski definition) is 5. The fraction of sp³-hybridized carbons (Fsp3) is 0.350. The Kier molecular flexibility index (Phi) is 6.69. The molecule has 25 heavy (non-hydrogen) atoms. The molecule has 5 heteroatoms. The number of ether oxygens (including phenoxy) is 4. The molecule has 0 saturated heterocycles. The van der Waals surface area contributed by atoms with Gasteiger partial charge in [0.25, 0.3) is 0 Å². The van der Waals surface area contributed by atoms with Crippen molar-refractivity contribution in [2.75, 3.05) is 28.4 Å². The van der Waals surface area contributed by atoms with Gasteiger partial charge < -0.3 is 18.9 Å². The summed E-state index contributed by atoms with van der Waals surface area (Å²) in [5.74, 6) is 2.66. The van der Waals surface area contributed by atoms with Crippen LogP contribution in [0.25, 0.3) is 0 Å². The average Bonchev–Trinajstić information content (AvgIpc) is 2.66. The zero-order valence-corrected chi connectivity index (χ0v) is 15.1. The van der Waals surface area contributed by atoms with Gasteiger partial charge in [0, 0.05) is 12.0 Å². The first kappa shape index (κ1) is 18.6. The van der Waals surface area contributed by atoms with E-state index in [2.05, 4.69) is 0 Å². The molecule has 0 radical (unpaired) electrons. The van der Waals surface area contributed by atoms with Crippen molar-refractivity contribution in [1.82, 2.24) is 0 Å². The van der Waals surface area contributed by atoms with E-state index in [9.17, 15) is 4.79 Å². The van der Waals surface area contributed by atoms with E-state index in [-0.39, 0.29) is 5.78 Å². The summed E-state index contributed by atoms with van der Waals surface area (Å²) in [7, 11) is 6.35. The maximum Gasteiger partial charge on any atom is 0.163 e. The topological polar surface area (TPSA) is 54.0 Å². The van der Waals surface area contributed by atoms with Crippen LogP contribution < -0.4 is 18.9 Å². The van der Waals surface area contributed by atoms with Crippen molar-refractivity contribution in [2.45, 2.75) is 19.3 Å². The number of methoxy groups -OCH3 is 4. The molecule has 0 aromatic heterocycles. The lowest BCUT2D eigenvalue weighted by Gasteiger charge is -2.10. The molecule has 0 aliphatic heterocycles. The quantitative estimate of drug-likeness (QED) is 0.645. The maximum atomic E-state index is 12.4. The van der Waals surface area contributed by atoms with E-state index in [0.29, 0.717) is 35.0 Å². The van der Waals surface area contributed by atoms with E-state index in [1.807, 2.05) is 18.2 Å². The molecule has 0 spiro atoms. The third-order valence-corrected chi connectivity index (χ3v) is 4.02. The molecule has 0 amide bonds. The molecule has 0 bridgehead atoms. The molecule has 0 N–H and O–H groups in total. The minimum Gasteiger partial charge on any atom is -0.493 e. The average molecular weight is 344 g/mol. The minimum atomic E-state index is 0.0847. The number of Topliss-reactive ketones (excluding diaryl/α,β-unsaturated/α-hetero) is 1. The highest BCUT2D eigenvalue weighted by atomic mass is 16.5. The van der Waals surface area contributed by atoms with Crippen LogP contribution in [-0.2, 0) is 6.42 Å². The van der Waals surface area contributed by atoms with Gasteiger partial charge in [0.1, 0.15) is 0 Å². The number of rotatable bonds is 9. The van der Waals surface area contributed by atoms with Crippen molar-refractivity contribution in [3.8, 4) is 23.0 Å². The van der Waals surface area contributed by atoms with Gasteiger partial charge >= 0.3 is 0 Å². The molecule has 0 atom stereocenters. The molecular formula is C20H24O5. The Balaban J connectivity index is 1.96. The summed E-state index contributed by atoms with van der Waals surface area (Å²) in [4.78, 5) is 12.4. The van der Waals surface area contributed by atoms with Gasteiger partial charge in [-0.1, -0.05) is 6.07 Å². The van der Waals surface area contributed by atoms with Crippen LogP contribution in [0.1, 0.15) is 28.8 Å². The van der Waals surface area contributed by atoms with E-state index in [0.717, 1.165) is 18.4 Å². The van der Waals surface area contributed by atoms with Gasteiger partial charge in [0.05, 0.1) is 28.4 Å². The molecule has 5 nitrogen and oxygen atoms in total. The standard InChI is InChI=1S/C20H24O5/c1-22-17-10-8-14(12-19(17)24-3)6-5-7-16(21)15-9-11-18(23-2)20(13-15)25-4/h8-13H,5-7H2,1-4H3. The number of hydrogen-bond donors (Lipinski definition) is 0. The number of aryl methyl sites for hydroxylation is 1. The summed E-state index contributed by atoms with van der Waals surface area (Å²) in [5.41, 5.74) is 1.74. The minimum absolute atomic E-state index is 0.0847. The van der Waals surface area contributed by atoms with Gasteiger partial charge in [-0.3, -0.25) is 4.79 Å². The smallest absolute Gasteiger partial charge is 0.163 e. The molecule has 2 rings (SSSR count). The molecule has 2 aromatic rings. The van der Waals surface area contributed by atoms with Crippen molar-refractivity contribution in [2.24, 2.45) is 0 Å². The molecule has 0 aliphatic rings. The number of carbonyl (C=O) groups excluding carboxylic acids is 1. The zero-order chi connectivity index (χ0) is 18.2. The molecule has 0 unspecified atom stereocenters. The van der Waals surface area contributed by atoms with Gasteiger partial charge in [0.2, 0.25) is 0 Å². The Morgan fingerprint density at radius 3 is 1.92 bits per heavy atom. The van der Waals surface area contributed by atoms with Gasteiger partial charge in [-0.15, -0.1) is 0 Å². The maximum absolute atomic E-state index is 12.4. The second-order valence-electron chi connectivity index (χ2n) is 5.54. The lowest BCUT2D eigenvalue weighted by atomic mass is 10.0. The molecule has 134 valence electrons. The normalized spacial score (nSPS) is 10.2. The molecule has 0 saturated carbocycles. The summed E-state index contributed by atoms with van der Waals surface area (Å²) in [6.45, 7) is 0. The molecule has 0 aliphatic carbocycles. The van der Waals surface area contributed by atoms with Crippen LogP contribution in [0.15, 0.2) is 36.4 Å². The van der Waals surface area contributed by atoms with E-state index >= 15 is 0 Å². The Bertz CT molecular complexity index is 724. The Morgan fingerprint density at radius 1 is 0.760 bits per heavy atom. The van der Waals surface area contributed by atoms with Crippen LogP contribution in [0.2, 0.25) is 0 Å². The first-order valence-corrected chi connectivity index (χ1v) is 8.09. The predicted octanol–water partition coefficient (Wildman–Crippen LogP) is 3.93. The van der Waals surface area contributed by atoms with E-state index < -0.39 is 0 Å². The van der Waals surface area contributed by atoms with Crippen LogP contribution in [-0.4, -0.2) is 34.2 Å². The summed E-state index contributed by atoms with van der Waals surface area (Å²) in [5, 5.41) is 0. The lowest BCUT2D eigenvalue weighted by Crippen LogP contribution is -2.02. The van der Waals surface area contributed by atoms with Crippen LogP contribution in [0.3, 0.4) is 0 Å². The van der Waals surface area contributed by atoms with Crippen LogP contribution in [0.4, 0.5) is 0 Å². The van der Waals surface area contributed by atoms with Crippen LogP contribution in [0, 0.1) is 0 Å². The molecule has 0 fully saturated rings. The Morgan fingerprint density at radius 2 is 1.32 bits per heavy atom. The predicted molar refractivity (Wildman–Crippen MR) is 96.4 cm³/mol. The second kappa shape index (κ2) is 8.97. The Hall–Kier alpha value is -2.69. The monoisotopic (exact) mass is 344 g/mol. The fourth-order valence-electron chi connectivity index (χ4n) is 2.64. The summed E-state index contributed by atoms with van der Waals surface area (Å²) < 4.78 is 21.0. The van der Waals surface area contributed by atoms with Gasteiger partial charge in [0.15, 0.2) is 28.8 Å². The highest BCUT2D eigenvalue weighted by Gasteiger charge is 2.11. The van der Waals surface area contributed by atoms with Crippen molar-refractivity contribution < 1.29 is 23.7 Å². The van der Waals surface area contributed by atoms with Crippen LogP contribution in [0.5, 0.6) is 23.0 Å². The van der Waals surface area contributed by atoms with E-state index in [1.165, 1.54) is 0 Å². The van der Waals surface area contributed by atoms with Crippen LogP contribution >= 0.6 is 0 Å². The van der Waals surface area contributed by atoms with E-state index in [1.54, 1.807) is 46.6 Å². The summed E-state index contributed by atoms with van der Waals surface area (Å²) >= 11 is 0. The largest absolute Gasteiger partial charge is 0.493 e. The fourth-order valence-corrected chi connectivity index (χ4v) is 2.64. The first-order chi connectivity index (χ1) is 12.1. The van der Waals surface area contributed by atoms with Crippen molar-refractivity contribution in [1.29, 1.82) is 0 Å². The third kappa shape index (κ3) is 4.66. The Labute approximate surface area is 148 Å². The first-order valence-electron chi connectivity index (χ1n) is 8.09. The highest BCUT2D eigenvalue weighted by molar-refractivity contribution is 5.96. The SMILES string of the molecule is COc1ccc(CCCC(=O)c2ccc(OC)c(OC)c2)cc1OC. The highest BCUT2D eigenvalue weighted by Crippen LogP contribution is 2.29. The van der Waals surface area contributed by atoms with Gasteiger partial charge in [-0.25, -0.2) is 0 Å². The molecular weight excluding hydrogens is 320 g/mol. The van der Waals surface area contributed by atoms with Gasteiger partial charge in [-0.05, 0) is 48.7 Å². The molecule has 2 aromatic carbocycles. The van der Waals surface area contributed by atoms with Crippen molar-refractivity contribution in [3.63, 3.8) is 0 Å². The molecule has 0 heterocycles. The van der Waals surface area contributed by atoms with Crippen molar-refractivity contribution >= 4 is 5.78 Å². The second-order valence-corrected chi connectivity index (χ2v) is 5.54. The number of carbonyl (C=O) groups is 1. The van der Waals surface area contributed by atoms with Crippen molar-refractivity contribution in [3.05, 3.63) is 47.5 Å². The number of ketones is 1. The zero-order valence-electron chi connectivity index (χ0n) is 15.1. The third-order valence-electron chi connectivity index (χ3n) is 4.02. The van der Waals surface area contributed by atoms with Gasteiger partial charge in [-0.2, -0.15) is 0 Å². The lowest BCUT2D eigenvalue weighted by molar-refractivity contribution is 0.0980. The summed E-state index contributed by atoms with van der Waals surface area (Å²) in [6, 6.07) is 11.0.